The first-order valence-electron chi connectivity index (χ1n) is 5.99. The van der Waals surface area contributed by atoms with Gasteiger partial charge in [0.15, 0.2) is 5.11 Å². The molecule has 1 N–H and O–H groups in total. The van der Waals surface area contributed by atoms with Gasteiger partial charge in [-0.2, -0.15) is 0 Å². The molecule has 0 aliphatic carbocycles. The average Bonchev–Trinajstić information content (AvgIpc) is 2.44. The Kier molecular flexibility index (Phi) is 4.95. The zero-order valence-corrected chi connectivity index (χ0v) is 13.4. The number of amides is 2. The maximum absolute atomic E-state index is 13.5. The molecule has 0 atom stereocenters. The molecule has 0 radical (unpaired) electrons. The zero-order valence-electron chi connectivity index (χ0n) is 11.0. The van der Waals surface area contributed by atoms with Crippen LogP contribution in [0.25, 0.3) is 6.08 Å². The minimum Gasteiger partial charge on any atom is -0.298 e. The van der Waals surface area contributed by atoms with Crippen molar-refractivity contribution < 1.29 is 14.0 Å². The Hall–Kier alpha value is -1.76. The van der Waals surface area contributed by atoms with E-state index in [9.17, 15) is 14.0 Å². The maximum atomic E-state index is 13.5. The Labute approximate surface area is 141 Å². The molecule has 4 nitrogen and oxygen atoms in total. The Balaban J connectivity index is 2.47. The van der Waals surface area contributed by atoms with Crippen LogP contribution < -0.4 is 5.32 Å². The van der Waals surface area contributed by atoms with Gasteiger partial charge in [0.1, 0.15) is 11.4 Å². The van der Waals surface area contributed by atoms with Crippen LogP contribution in [0.2, 0.25) is 10.0 Å². The van der Waals surface area contributed by atoms with Crippen LogP contribution in [0.1, 0.15) is 5.56 Å². The summed E-state index contributed by atoms with van der Waals surface area (Å²) in [6.45, 7) is 3.65. The second-order valence-corrected chi connectivity index (χ2v) is 5.51. The monoisotopic (exact) mass is 358 g/mol. The molecular formula is C14H9Cl2FN2O2S. The number of rotatable bonds is 3. The van der Waals surface area contributed by atoms with Crippen molar-refractivity contribution in [2.45, 2.75) is 0 Å². The molecule has 2 amide bonds. The molecule has 0 saturated carbocycles. The average molecular weight is 359 g/mol. The van der Waals surface area contributed by atoms with Crippen molar-refractivity contribution in [1.82, 2.24) is 10.2 Å². The van der Waals surface area contributed by atoms with E-state index in [-0.39, 0.29) is 32.8 Å². The zero-order chi connectivity index (χ0) is 16.4. The lowest BCUT2D eigenvalue weighted by Gasteiger charge is -2.27. The summed E-state index contributed by atoms with van der Waals surface area (Å²) in [4.78, 5) is 25.4. The van der Waals surface area contributed by atoms with Crippen LogP contribution in [0, 0.1) is 5.82 Å². The van der Waals surface area contributed by atoms with Gasteiger partial charge in [-0.15, -0.1) is 6.58 Å². The molecule has 2 rings (SSSR count). The highest BCUT2D eigenvalue weighted by molar-refractivity contribution is 7.80. The molecule has 1 aliphatic heterocycles. The largest absolute Gasteiger partial charge is 0.298 e. The van der Waals surface area contributed by atoms with Crippen LogP contribution in [0.15, 0.2) is 30.4 Å². The summed E-state index contributed by atoms with van der Waals surface area (Å²) in [6, 6.07) is 2.24. The number of hydrogen-bond donors (Lipinski definition) is 1. The van der Waals surface area contributed by atoms with E-state index in [1.165, 1.54) is 18.2 Å². The highest BCUT2D eigenvalue weighted by Crippen LogP contribution is 2.27. The van der Waals surface area contributed by atoms with Crippen LogP contribution >= 0.6 is 35.4 Å². The predicted octanol–water partition coefficient (Wildman–Crippen LogP) is 2.95. The lowest BCUT2D eigenvalue weighted by atomic mass is 10.1. The summed E-state index contributed by atoms with van der Waals surface area (Å²) < 4.78 is 13.5. The van der Waals surface area contributed by atoms with Gasteiger partial charge in [0, 0.05) is 11.6 Å². The molecule has 0 unspecified atom stereocenters. The second kappa shape index (κ2) is 6.56. The minimum absolute atomic E-state index is 0.0135. The van der Waals surface area contributed by atoms with E-state index in [2.05, 4.69) is 11.9 Å². The smallest absolute Gasteiger partial charge is 0.265 e. The third-order valence-corrected chi connectivity index (χ3v) is 3.78. The minimum atomic E-state index is -0.708. The van der Waals surface area contributed by atoms with Gasteiger partial charge in [0.2, 0.25) is 0 Å². The fourth-order valence-corrected chi connectivity index (χ4v) is 2.48. The second-order valence-electron chi connectivity index (χ2n) is 4.31. The number of benzene rings is 1. The number of halogens is 3. The van der Waals surface area contributed by atoms with E-state index in [1.54, 1.807) is 0 Å². The summed E-state index contributed by atoms with van der Waals surface area (Å²) in [6.07, 6.45) is 2.66. The first-order valence-corrected chi connectivity index (χ1v) is 7.16. The van der Waals surface area contributed by atoms with Crippen molar-refractivity contribution in [1.29, 1.82) is 0 Å². The molecule has 8 heteroatoms. The van der Waals surface area contributed by atoms with E-state index < -0.39 is 17.6 Å². The molecule has 114 valence electrons. The summed E-state index contributed by atoms with van der Waals surface area (Å²) in [5, 5.41) is 2.33. The topological polar surface area (TPSA) is 49.4 Å². The molecule has 0 aromatic heterocycles. The van der Waals surface area contributed by atoms with Crippen molar-refractivity contribution in [2.75, 3.05) is 6.54 Å². The molecule has 1 saturated heterocycles. The Morgan fingerprint density at radius 1 is 1.32 bits per heavy atom. The van der Waals surface area contributed by atoms with Crippen LogP contribution in [-0.2, 0) is 9.59 Å². The van der Waals surface area contributed by atoms with Gasteiger partial charge in [0.25, 0.3) is 11.8 Å². The fourth-order valence-electron chi connectivity index (χ4n) is 1.79. The van der Waals surface area contributed by atoms with Gasteiger partial charge in [-0.05, 0) is 36.0 Å². The van der Waals surface area contributed by atoms with E-state index in [0.717, 1.165) is 11.0 Å². The fraction of sp³-hybridized carbons (Fsp3) is 0.0714. The molecule has 0 bridgehead atoms. The number of thiocarbonyl (C=S) groups is 1. The van der Waals surface area contributed by atoms with Crippen LogP contribution in [0.3, 0.4) is 0 Å². The summed E-state index contributed by atoms with van der Waals surface area (Å²) >= 11 is 16.5. The predicted molar refractivity (Wildman–Crippen MR) is 87.0 cm³/mol. The molecule has 1 aromatic carbocycles. The van der Waals surface area contributed by atoms with Gasteiger partial charge >= 0.3 is 0 Å². The van der Waals surface area contributed by atoms with Gasteiger partial charge in [-0.3, -0.25) is 19.8 Å². The van der Waals surface area contributed by atoms with Crippen molar-refractivity contribution in [3.05, 3.63) is 51.8 Å². The molecule has 1 heterocycles. The quantitative estimate of drug-likeness (QED) is 0.297. The normalized spacial score (nSPS) is 17.0. The summed E-state index contributed by atoms with van der Waals surface area (Å²) in [5.74, 6) is -2.00. The molecule has 1 aromatic rings. The van der Waals surface area contributed by atoms with Gasteiger partial charge < -0.3 is 0 Å². The van der Waals surface area contributed by atoms with Crippen LogP contribution in [0.5, 0.6) is 0 Å². The third kappa shape index (κ3) is 3.19. The number of carbonyl (C=O) groups is 2. The highest BCUT2D eigenvalue weighted by Gasteiger charge is 2.32. The first-order chi connectivity index (χ1) is 10.3. The number of carbonyl (C=O) groups excluding carboxylic acids is 2. The van der Waals surface area contributed by atoms with E-state index in [4.69, 9.17) is 35.4 Å². The Bertz CT molecular complexity index is 734. The van der Waals surface area contributed by atoms with Crippen molar-refractivity contribution >= 4 is 58.4 Å². The van der Waals surface area contributed by atoms with Gasteiger partial charge in [-0.1, -0.05) is 29.3 Å². The van der Waals surface area contributed by atoms with Gasteiger partial charge in [-0.25, -0.2) is 4.39 Å². The van der Waals surface area contributed by atoms with Crippen LogP contribution in [-0.4, -0.2) is 28.4 Å². The van der Waals surface area contributed by atoms with Crippen molar-refractivity contribution in [3.8, 4) is 0 Å². The number of nitrogens with zero attached hydrogens (tertiary/aromatic N) is 1. The first kappa shape index (κ1) is 16.6. The molecule has 0 spiro atoms. The molecule has 22 heavy (non-hydrogen) atoms. The molecule has 1 fully saturated rings. The van der Waals surface area contributed by atoms with E-state index in [1.807, 2.05) is 0 Å². The van der Waals surface area contributed by atoms with Crippen LogP contribution in [0.4, 0.5) is 4.39 Å². The Morgan fingerprint density at radius 2 is 2.00 bits per heavy atom. The standard InChI is InChI=1S/C14H9Cl2FN2O2S/c1-2-3-19-13(21)8(12(20)18-14(19)22)4-7-5-11(17)10(16)6-9(7)15/h2,4-6H,1,3H2,(H,18,20,22). The lowest BCUT2D eigenvalue weighted by Crippen LogP contribution is -2.53. The number of nitrogens with one attached hydrogen (secondary N) is 1. The van der Waals surface area contributed by atoms with Crippen molar-refractivity contribution in [3.63, 3.8) is 0 Å². The SMILES string of the molecule is C=CCN1C(=O)C(=Cc2cc(F)c(Cl)cc2Cl)C(=O)NC1=S. The highest BCUT2D eigenvalue weighted by atomic mass is 35.5. The molecule has 1 aliphatic rings. The van der Waals surface area contributed by atoms with E-state index in [0.29, 0.717) is 0 Å². The maximum Gasteiger partial charge on any atom is 0.265 e. The lowest BCUT2D eigenvalue weighted by molar-refractivity contribution is -0.128. The van der Waals surface area contributed by atoms with Gasteiger partial charge in [0.05, 0.1) is 5.02 Å². The molecular weight excluding hydrogens is 350 g/mol. The summed E-state index contributed by atoms with van der Waals surface area (Å²) in [5.41, 5.74) is -0.0486. The third-order valence-electron chi connectivity index (χ3n) is 2.84. The number of hydrogen-bond acceptors (Lipinski definition) is 3. The Morgan fingerprint density at radius 3 is 2.64 bits per heavy atom. The summed E-state index contributed by atoms with van der Waals surface area (Å²) in [7, 11) is 0. The van der Waals surface area contributed by atoms with Crippen molar-refractivity contribution in [2.24, 2.45) is 0 Å². The van der Waals surface area contributed by atoms with E-state index >= 15 is 0 Å².